The summed E-state index contributed by atoms with van der Waals surface area (Å²) in [7, 11) is 1.80. The molecule has 0 spiro atoms. The van der Waals surface area contributed by atoms with Crippen molar-refractivity contribution < 1.29 is 9.59 Å². The third-order valence-corrected chi connectivity index (χ3v) is 4.33. The van der Waals surface area contributed by atoms with Gasteiger partial charge in [0.2, 0.25) is 5.91 Å². The minimum atomic E-state index is -0.365. The van der Waals surface area contributed by atoms with Crippen LogP contribution < -0.4 is 10.6 Å². The van der Waals surface area contributed by atoms with Gasteiger partial charge in [-0.15, -0.1) is 0 Å². The Kier molecular flexibility index (Phi) is 5.06. The van der Waals surface area contributed by atoms with Crippen molar-refractivity contribution >= 4 is 23.2 Å². The molecule has 2 N–H and O–H groups in total. The van der Waals surface area contributed by atoms with Crippen LogP contribution >= 0.6 is 0 Å². The van der Waals surface area contributed by atoms with Gasteiger partial charge in [0.05, 0.1) is 29.5 Å². The zero-order valence-electron chi connectivity index (χ0n) is 15.7. The monoisotopic (exact) mass is 370 g/mol. The summed E-state index contributed by atoms with van der Waals surface area (Å²) in [6, 6.07) is 1.82. The van der Waals surface area contributed by atoms with E-state index >= 15 is 0 Å². The number of hydrogen-bond acceptors (Lipinski definition) is 5. The molecule has 0 radical (unpaired) electrons. The van der Waals surface area contributed by atoms with Crippen LogP contribution in [0.3, 0.4) is 0 Å². The van der Waals surface area contributed by atoms with Crippen LogP contribution in [0.4, 0.5) is 11.4 Å². The molecule has 0 atom stereocenters. The number of hydrogen-bond donors (Lipinski definition) is 2. The molecular weight excluding hydrogens is 348 g/mol. The SMILES string of the molecule is CCn1ncc(NC(=O)Cn2nccc2C)c1C(=O)Nc1cnn(C)c1C. The number of carbonyl (C=O) groups is 2. The third kappa shape index (κ3) is 3.73. The van der Waals surface area contributed by atoms with E-state index in [0.717, 1.165) is 11.4 Å². The number of amides is 2. The highest BCUT2D eigenvalue weighted by Gasteiger charge is 2.21. The Hall–Kier alpha value is -3.43. The third-order valence-electron chi connectivity index (χ3n) is 4.33. The Morgan fingerprint density at radius 3 is 2.37 bits per heavy atom. The summed E-state index contributed by atoms with van der Waals surface area (Å²) in [6.07, 6.45) is 4.69. The average Bonchev–Trinajstić information content (AvgIpc) is 3.31. The van der Waals surface area contributed by atoms with Crippen LogP contribution in [0.25, 0.3) is 0 Å². The van der Waals surface area contributed by atoms with Crippen LogP contribution in [-0.2, 0) is 24.9 Å². The fourth-order valence-electron chi connectivity index (χ4n) is 2.65. The molecule has 0 aromatic carbocycles. The van der Waals surface area contributed by atoms with Crippen LogP contribution in [0.2, 0.25) is 0 Å². The van der Waals surface area contributed by atoms with Gasteiger partial charge in [-0.3, -0.25) is 23.6 Å². The van der Waals surface area contributed by atoms with E-state index in [1.54, 1.807) is 28.8 Å². The summed E-state index contributed by atoms with van der Waals surface area (Å²) in [4.78, 5) is 25.2. The lowest BCUT2D eigenvalue weighted by molar-refractivity contribution is -0.116. The Bertz CT molecular complexity index is 981. The van der Waals surface area contributed by atoms with Gasteiger partial charge in [-0.2, -0.15) is 15.3 Å². The maximum absolute atomic E-state index is 12.8. The quantitative estimate of drug-likeness (QED) is 0.680. The molecule has 0 aliphatic heterocycles. The number of aryl methyl sites for hydroxylation is 3. The molecule has 0 saturated heterocycles. The largest absolute Gasteiger partial charge is 0.321 e. The summed E-state index contributed by atoms with van der Waals surface area (Å²) in [6.45, 7) is 6.14. The molecule has 10 heteroatoms. The molecule has 0 unspecified atom stereocenters. The summed E-state index contributed by atoms with van der Waals surface area (Å²) in [5.74, 6) is -0.653. The average molecular weight is 370 g/mol. The Balaban J connectivity index is 1.79. The minimum absolute atomic E-state index is 0.0545. The summed E-state index contributed by atoms with van der Waals surface area (Å²) in [5, 5.41) is 18.0. The van der Waals surface area contributed by atoms with Gasteiger partial charge in [-0.05, 0) is 26.8 Å². The standard InChI is InChI=1S/C17H22N8O2/c1-5-24-16(17(27)22-13-8-19-23(4)12(13)3)14(9-20-24)21-15(26)10-25-11(2)6-7-18-25/h6-9H,5,10H2,1-4H3,(H,21,26)(H,22,27). The predicted molar refractivity (Wildman–Crippen MR) is 99.4 cm³/mol. The van der Waals surface area contributed by atoms with E-state index in [9.17, 15) is 9.59 Å². The first-order valence-electron chi connectivity index (χ1n) is 8.54. The number of nitrogens with zero attached hydrogens (tertiary/aromatic N) is 6. The highest BCUT2D eigenvalue weighted by molar-refractivity contribution is 6.09. The highest BCUT2D eigenvalue weighted by atomic mass is 16.2. The smallest absolute Gasteiger partial charge is 0.276 e. The van der Waals surface area contributed by atoms with Gasteiger partial charge in [-0.25, -0.2) is 0 Å². The van der Waals surface area contributed by atoms with Crippen LogP contribution in [0, 0.1) is 13.8 Å². The molecule has 0 saturated carbocycles. The molecule has 10 nitrogen and oxygen atoms in total. The molecule has 3 rings (SSSR count). The van der Waals surface area contributed by atoms with Crippen molar-refractivity contribution in [3.63, 3.8) is 0 Å². The van der Waals surface area contributed by atoms with Gasteiger partial charge >= 0.3 is 0 Å². The fraction of sp³-hybridized carbons (Fsp3) is 0.353. The van der Waals surface area contributed by atoms with Gasteiger partial charge in [0.15, 0.2) is 0 Å². The van der Waals surface area contributed by atoms with Crippen molar-refractivity contribution in [2.24, 2.45) is 7.05 Å². The zero-order valence-corrected chi connectivity index (χ0v) is 15.7. The van der Waals surface area contributed by atoms with Crippen molar-refractivity contribution in [3.05, 3.63) is 41.7 Å². The van der Waals surface area contributed by atoms with Crippen molar-refractivity contribution in [1.82, 2.24) is 29.3 Å². The molecule has 142 valence electrons. The number of aromatic nitrogens is 6. The van der Waals surface area contributed by atoms with Crippen LogP contribution in [0.1, 0.15) is 28.8 Å². The van der Waals surface area contributed by atoms with E-state index < -0.39 is 0 Å². The Morgan fingerprint density at radius 1 is 1.04 bits per heavy atom. The maximum atomic E-state index is 12.8. The normalized spacial score (nSPS) is 10.8. The highest BCUT2D eigenvalue weighted by Crippen LogP contribution is 2.19. The molecule has 0 fully saturated rings. The molecular formula is C17H22N8O2. The van der Waals surface area contributed by atoms with Gasteiger partial charge < -0.3 is 10.6 Å². The molecule has 27 heavy (non-hydrogen) atoms. The van der Waals surface area contributed by atoms with Crippen molar-refractivity contribution in [2.75, 3.05) is 10.6 Å². The van der Waals surface area contributed by atoms with Gasteiger partial charge in [0.1, 0.15) is 12.2 Å². The lowest BCUT2D eigenvalue weighted by Crippen LogP contribution is -2.23. The van der Waals surface area contributed by atoms with E-state index in [2.05, 4.69) is 25.9 Å². The van der Waals surface area contributed by atoms with E-state index in [1.807, 2.05) is 26.8 Å². The van der Waals surface area contributed by atoms with Crippen molar-refractivity contribution in [1.29, 1.82) is 0 Å². The lowest BCUT2D eigenvalue weighted by Gasteiger charge is -2.10. The van der Waals surface area contributed by atoms with Crippen molar-refractivity contribution in [2.45, 2.75) is 33.9 Å². The van der Waals surface area contributed by atoms with E-state index in [0.29, 0.717) is 17.9 Å². The number of rotatable bonds is 6. The minimum Gasteiger partial charge on any atom is -0.321 e. The molecule has 0 aliphatic rings. The first kappa shape index (κ1) is 18.4. The second-order valence-electron chi connectivity index (χ2n) is 6.12. The summed E-state index contributed by atoms with van der Waals surface area (Å²) >= 11 is 0. The summed E-state index contributed by atoms with van der Waals surface area (Å²) in [5.41, 5.74) is 2.94. The topological polar surface area (TPSA) is 112 Å². The Labute approximate surface area is 156 Å². The molecule has 3 aromatic rings. The number of anilines is 2. The predicted octanol–water partition coefficient (Wildman–Crippen LogP) is 1.34. The van der Waals surface area contributed by atoms with Gasteiger partial charge in [0, 0.05) is 25.5 Å². The van der Waals surface area contributed by atoms with E-state index in [-0.39, 0.29) is 24.1 Å². The first-order chi connectivity index (χ1) is 12.9. The summed E-state index contributed by atoms with van der Waals surface area (Å²) < 4.78 is 4.79. The van der Waals surface area contributed by atoms with Crippen LogP contribution in [-0.4, -0.2) is 41.2 Å². The lowest BCUT2D eigenvalue weighted by atomic mass is 10.3. The molecule has 3 aromatic heterocycles. The molecule has 3 heterocycles. The maximum Gasteiger partial charge on any atom is 0.276 e. The number of nitrogens with one attached hydrogen (secondary N) is 2. The first-order valence-corrected chi connectivity index (χ1v) is 8.54. The Morgan fingerprint density at radius 2 is 1.78 bits per heavy atom. The molecule has 0 bridgehead atoms. The van der Waals surface area contributed by atoms with Crippen LogP contribution in [0.15, 0.2) is 24.7 Å². The van der Waals surface area contributed by atoms with Gasteiger partial charge in [-0.1, -0.05) is 0 Å². The zero-order chi connectivity index (χ0) is 19.6. The van der Waals surface area contributed by atoms with Gasteiger partial charge in [0.25, 0.3) is 5.91 Å². The molecule has 2 amide bonds. The number of carbonyl (C=O) groups excluding carboxylic acids is 2. The van der Waals surface area contributed by atoms with Crippen molar-refractivity contribution in [3.8, 4) is 0 Å². The van der Waals surface area contributed by atoms with E-state index in [4.69, 9.17) is 0 Å². The van der Waals surface area contributed by atoms with E-state index in [1.165, 1.54) is 10.9 Å². The fourth-order valence-corrected chi connectivity index (χ4v) is 2.65. The van der Waals surface area contributed by atoms with Crippen LogP contribution in [0.5, 0.6) is 0 Å². The molecule has 0 aliphatic carbocycles. The second kappa shape index (κ2) is 7.44. The second-order valence-corrected chi connectivity index (χ2v) is 6.12.